The molecule has 21 rings (SSSR count). The largest absolute Gasteiger partial charge is 0.458 e. The first-order valence-electron chi connectivity index (χ1n) is 38.7. The smallest absolute Gasteiger partial charge is 0.260 e. The Hall–Kier alpha value is -13.3. The quantitative estimate of drug-likeness (QED) is 0.128. The molecule has 0 radical (unpaired) electrons. The highest BCUT2D eigenvalue weighted by Crippen LogP contribution is 2.52. The van der Waals surface area contributed by atoms with Crippen LogP contribution >= 0.6 is 0 Å². The number of para-hydroxylation sites is 9. The second kappa shape index (κ2) is 23.9. The first kappa shape index (κ1) is 54.4. The molecule has 0 bridgehead atoms. The molecule has 0 fully saturated rings. The van der Waals surface area contributed by atoms with E-state index in [-0.39, 0.29) is 53.4 Å². The van der Waals surface area contributed by atoms with Crippen molar-refractivity contribution in [3.05, 3.63) is 350 Å². The fourth-order valence-electron chi connectivity index (χ4n) is 17.1. The third kappa shape index (κ3) is 9.59. The van der Waals surface area contributed by atoms with Crippen LogP contribution in [0.15, 0.2) is 334 Å². The molecule has 0 aromatic heterocycles. The highest BCUT2D eigenvalue weighted by Gasteiger charge is 2.49. The van der Waals surface area contributed by atoms with E-state index in [1.807, 2.05) is 245 Å². The molecule has 0 saturated heterocycles. The van der Waals surface area contributed by atoms with E-state index in [0.717, 1.165) is 112 Å². The average Bonchev–Trinajstić information content (AvgIpc) is 0.687. The Labute approximate surface area is 620 Å². The van der Waals surface area contributed by atoms with Gasteiger partial charge in [-0.25, -0.2) is 0 Å². The number of nitrogens with one attached hydrogen (secondary N) is 1. The molecule has 105 heavy (non-hydrogen) atoms. The van der Waals surface area contributed by atoms with Crippen molar-refractivity contribution < 1.29 is 22.4 Å². The molecule has 15 aromatic carbocycles. The molecule has 9 nitrogen and oxygen atoms in total. The number of rotatable bonds is 11. The third-order valence-corrected chi connectivity index (χ3v) is 21.3. The number of benzene rings is 15. The molecule has 0 spiro atoms. The Bertz CT molecular complexity index is 6260. The minimum absolute atomic E-state index is 0.0202. The maximum atomic E-state index is 11.1. The lowest BCUT2D eigenvalue weighted by Crippen LogP contribution is -2.64. The Morgan fingerprint density at radius 1 is 0.286 bits per heavy atom. The zero-order chi connectivity index (χ0) is 74.8. The van der Waals surface area contributed by atoms with Crippen molar-refractivity contribution in [1.82, 2.24) is 0 Å². The van der Waals surface area contributed by atoms with Crippen molar-refractivity contribution in [2.75, 3.05) is 29.8 Å². The second-order valence-corrected chi connectivity index (χ2v) is 27.6. The number of ether oxygens (including phenoxy) is 3. The van der Waals surface area contributed by atoms with Crippen molar-refractivity contribution in [3.63, 3.8) is 0 Å². The van der Waals surface area contributed by atoms with Gasteiger partial charge in [0.25, 0.3) is 20.1 Å². The zero-order valence-corrected chi connectivity index (χ0v) is 57.5. The van der Waals surface area contributed by atoms with Crippen molar-refractivity contribution in [2.24, 2.45) is 0 Å². The Balaban J connectivity index is 0.851. The van der Waals surface area contributed by atoms with Crippen LogP contribution in [0.25, 0.3) is 0 Å². The van der Waals surface area contributed by atoms with Gasteiger partial charge in [0, 0.05) is 110 Å². The number of hydrogen-bond acceptors (Lipinski definition) is 9. The maximum absolute atomic E-state index is 11.1. The fraction of sp³-hybridized carbons (Fsp3) is 0.0323. The minimum Gasteiger partial charge on any atom is -0.458 e. The van der Waals surface area contributed by atoms with Gasteiger partial charge in [-0.3, -0.25) is 0 Å². The van der Waals surface area contributed by atoms with Crippen molar-refractivity contribution in [1.29, 1.82) is 0 Å². The summed E-state index contributed by atoms with van der Waals surface area (Å²) in [5.74, 6) is 2.28. The van der Waals surface area contributed by atoms with Crippen LogP contribution in [0.4, 0.5) is 96.7 Å². The van der Waals surface area contributed by atoms with E-state index < -0.39 is 20.1 Å². The second-order valence-electron chi connectivity index (χ2n) is 27.6. The lowest BCUT2D eigenvalue weighted by atomic mass is 9.30. The Kier molecular flexibility index (Phi) is 12.4. The normalized spacial score (nSPS) is 13.9. The molecule has 494 valence electrons. The molecule has 6 aliphatic rings. The van der Waals surface area contributed by atoms with E-state index in [1.54, 1.807) is 0 Å². The summed E-state index contributed by atoms with van der Waals surface area (Å²) < 4.78 is 87.6. The summed E-state index contributed by atoms with van der Waals surface area (Å²) in [6.07, 6.45) is 0. The SMILES string of the molecule is [2H]c1c2c3c(c([2H])c1N(c1ccccc1)c1ccccc1)N(c1ccccc1)c1ccccc1B3c1cc3c(cc1N2)Oc1c([2H])c(N(c2ccccc2)c2ccccc2)c([2H])c2c1B3c1cc3c(cc1O2)N(c1c(C)cc(C)cc1C)c1c([2H])c(N(c2ccccc2)c2ccccc2)c([2H])c2c1B3c1ccccc1O2. The van der Waals surface area contributed by atoms with E-state index in [9.17, 15) is 8.22 Å². The van der Waals surface area contributed by atoms with Gasteiger partial charge in [0.2, 0.25) is 0 Å². The van der Waals surface area contributed by atoms with E-state index in [4.69, 9.17) is 14.2 Å². The van der Waals surface area contributed by atoms with Gasteiger partial charge in [0.1, 0.15) is 34.5 Å². The monoisotopic (exact) mass is 1350 g/mol. The summed E-state index contributed by atoms with van der Waals surface area (Å²) in [6, 6.07) is 99.5. The third-order valence-electron chi connectivity index (χ3n) is 21.3. The summed E-state index contributed by atoms with van der Waals surface area (Å²) >= 11 is 0. The highest BCUT2D eigenvalue weighted by atomic mass is 16.5. The van der Waals surface area contributed by atoms with E-state index in [1.165, 1.54) is 0 Å². The molecule has 15 aromatic rings. The summed E-state index contributed by atoms with van der Waals surface area (Å²) in [7, 11) is 0. The van der Waals surface area contributed by atoms with Gasteiger partial charge in [-0.15, -0.1) is 0 Å². The molecule has 6 heterocycles. The van der Waals surface area contributed by atoms with Gasteiger partial charge in [-0.05, 0) is 191 Å². The fourth-order valence-corrected chi connectivity index (χ4v) is 17.1. The molecule has 0 atom stereocenters. The Morgan fingerprint density at radius 3 is 1.22 bits per heavy atom. The van der Waals surface area contributed by atoms with Crippen LogP contribution in [0.2, 0.25) is 0 Å². The molecule has 1 N–H and O–H groups in total. The number of aryl methyl sites for hydroxylation is 3. The van der Waals surface area contributed by atoms with Crippen molar-refractivity contribution in [2.45, 2.75) is 20.8 Å². The van der Waals surface area contributed by atoms with Gasteiger partial charge in [0.15, 0.2) is 0 Å². The zero-order valence-electron chi connectivity index (χ0n) is 63.5. The van der Waals surface area contributed by atoms with Gasteiger partial charge < -0.3 is 44.0 Å². The number of hydrogen-bond donors (Lipinski definition) is 1. The van der Waals surface area contributed by atoms with Crippen LogP contribution in [-0.2, 0) is 0 Å². The summed E-state index contributed by atoms with van der Waals surface area (Å²) in [4.78, 5) is 10.4. The molecule has 0 saturated carbocycles. The molecule has 0 amide bonds. The molecular formula is C93H65B3N6O3. The van der Waals surface area contributed by atoms with Crippen LogP contribution in [0.5, 0.6) is 34.5 Å². The predicted molar refractivity (Wildman–Crippen MR) is 437 cm³/mol. The van der Waals surface area contributed by atoms with Gasteiger partial charge in [-0.1, -0.05) is 194 Å². The van der Waals surface area contributed by atoms with E-state index in [2.05, 4.69) is 103 Å². The minimum atomic E-state index is -0.771. The molecular weight excluding hydrogens is 1280 g/mol. The van der Waals surface area contributed by atoms with Gasteiger partial charge >= 0.3 is 0 Å². The number of fused-ring (bicyclic) bond motifs is 12. The van der Waals surface area contributed by atoms with Crippen LogP contribution in [-0.4, -0.2) is 20.1 Å². The highest BCUT2D eigenvalue weighted by molar-refractivity contribution is 7.03. The number of anilines is 17. The standard InChI is InChI=1S/C93H65B3N6O3/c1-59-47-60(2)93(61(3)48-59)102-81-58-86-77(56-75(81)95-73-44-26-28-46-84(73)103-87-52-70(51-83(102)91(87)95)99(64-33-15-6-16-34-64)65-35-17-7-18-36-65)96-76-55-74-78(57-85(76)104-88-53-71(54-89(105-86)92(88)96)100(66-37-19-8-20-38-66)67-39-21-9-22-40-67)97-79-49-69(98(62-29-11-4-12-30-62)63-31-13-5-14-32-63)50-82-90(79)94(74)72-43-25-27-45-80(72)101(82)68-41-23-10-24-42-68/h4-58,97H,1-3H3/i49D,50D,51D,52D,53D,54D. The van der Waals surface area contributed by atoms with Crippen LogP contribution in [0, 0.1) is 20.8 Å². The lowest BCUT2D eigenvalue weighted by molar-refractivity contribution is 0.465. The van der Waals surface area contributed by atoms with Gasteiger partial charge in [0.05, 0.1) is 31.0 Å². The van der Waals surface area contributed by atoms with Crippen LogP contribution in [0.1, 0.15) is 24.9 Å². The first-order valence-corrected chi connectivity index (χ1v) is 35.7. The Morgan fingerprint density at radius 2 is 0.686 bits per heavy atom. The average molecular weight is 1350 g/mol. The van der Waals surface area contributed by atoms with Crippen molar-refractivity contribution >= 4 is 166 Å². The lowest BCUT2D eigenvalue weighted by Gasteiger charge is -2.43. The van der Waals surface area contributed by atoms with E-state index >= 15 is 0 Å². The summed E-state index contributed by atoms with van der Waals surface area (Å²) in [6.45, 7) is 4.39. The van der Waals surface area contributed by atoms with Crippen LogP contribution in [0.3, 0.4) is 0 Å². The first-order chi connectivity index (χ1) is 54.4. The molecule has 6 aliphatic heterocycles. The number of nitrogens with zero attached hydrogens (tertiary/aromatic N) is 5. The topological polar surface area (TPSA) is 55.9 Å². The molecule has 0 unspecified atom stereocenters. The van der Waals surface area contributed by atoms with Crippen molar-refractivity contribution in [3.8, 4) is 34.5 Å². The molecule has 0 aliphatic carbocycles. The predicted octanol–water partition coefficient (Wildman–Crippen LogP) is 18.5. The van der Waals surface area contributed by atoms with E-state index in [0.29, 0.717) is 68.0 Å². The van der Waals surface area contributed by atoms with Gasteiger partial charge in [-0.2, -0.15) is 0 Å². The van der Waals surface area contributed by atoms with Crippen LogP contribution < -0.4 is 93.2 Å². The molecule has 12 heteroatoms. The summed E-state index contributed by atoms with van der Waals surface area (Å²) in [5.41, 5.74) is 21.3. The summed E-state index contributed by atoms with van der Waals surface area (Å²) in [5, 5.41) is 3.92. The maximum Gasteiger partial charge on any atom is 0.260 e.